The Balaban J connectivity index is 2.02. The molecule has 1 aliphatic rings. The highest BCUT2D eigenvalue weighted by atomic mass is 16.4. The van der Waals surface area contributed by atoms with Gasteiger partial charge in [-0.15, -0.1) is 0 Å². The first-order chi connectivity index (χ1) is 11.6. The van der Waals surface area contributed by atoms with Gasteiger partial charge < -0.3 is 19.7 Å². The number of nitrogens with zero attached hydrogens (tertiary/aromatic N) is 2. The SMILES string of the molecule is CCc1cc(C(=O)O)cc2c(CCN3CCCC3)cn(CCO)c12. The molecule has 3 rings (SSSR count). The molecule has 0 spiro atoms. The summed E-state index contributed by atoms with van der Waals surface area (Å²) in [5, 5.41) is 19.8. The molecule has 1 aromatic carbocycles. The normalized spacial score (nSPS) is 15.4. The standard InChI is InChI=1S/C19H26N2O3/c1-2-14-11-16(19(23)24)12-17-15(5-8-20-6-3-4-7-20)13-21(9-10-22)18(14)17/h11-13,22H,2-10H2,1H3,(H,23,24). The summed E-state index contributed by atoms with van der Waals surface area (Å²) in [6.45, 7) is 6.00. The van der Waals surface area contributed by atoms with E-state index >= 15 is 0 Å². The van der Waals surface area contributed by atoms with E-state index in [2.05, 4.69) is 15.7 Å². The van der Waals surface area contributed by atoms with Crippen molar-refractivity contribution in [2.75, 3.05) is 26.2 Å². The number of aryl methyl sites for hydroxylation is 1. The van der Waals surface area contributed by atoms with Gasteiger partial charge in [0.05, 0.1) is 17.7 Å². The predicted octanol–water partition coefficient (Wildman–Crippen LogP) is 2.53. The minimum absolute atomic E-state index is 0.0825. The Hall–Kier alpha value is -1.85. The molecule has 0 atom stereocenters. The topological polar surface area (TPSA) is 65.7 Å². The van der Waals surface area contributed by atoms with Gasteiger partial charge in [-0.05, 0) is 62.0 Å². The van der Waals surface area contributed by atoms with E-state index in [0.29, 0.717) is 12.1 Å². The number of carboxylic acid groups (broad SMARTS) is 1. The molecule has 0 unspecified atom stereocenters. The highest BCUT2D eigenvalue weighted by Gasteiger charge is 2.17. The summed E-state index contributed by atoms with van der Waals surface area (Å²) in [7, 11) is 0. The number of aromatic carboxylic acids is 1. The zero-order valence-corrected chi connectivity index (χ0v) is 14.3. The van der Waals surface area contributed by atoms with Crippen LogP contribution in [0, 0.1) is 0 Å². The number of benzene rings is 1. The molecule has 5 nitrogen and oxygen atoms in total. The van der Waals surface area contributed by atoms with Crippen LogP contribution in [-0.2, 0) is 19.4 Å². The highest BCUT2D eigenvalue weighted by Crippen LogP contribution is 2.28. The van der Waals surface area contributed by atoms with Gasteiger partial charge in [-0.25, -0.2) is 4.79 Å². The van der Waals surface area contributed by atoms with Gasteiger partial charge in [0.25, 0.3) is 0 Å². The van der Waals surface area contributed by atoms with Crippen LogP contribution in [0.4, 0.5) is 0 Å². The Morgan fingerprint density at radius 3 is 2.54 bits per heavy atom. The second-order valence-corrected chi connectivity index (χ2v) is 6.56. The van der Waals surface area contributed by atoms with E-state index in [1.165, 1.54) is 18.4 Å². The quantitative estimate of drug-likeness (QED) is 0.819. The number of aromatic nitrogens is 1. The van der Waals surface area contributed by atoms with E-state index in [9.17, 15) is 15.0 Å². The van der Waals surface area contributed by atoms with Crippen LogP contribution in [0.25, 0.3) is 10.9 Å². The van der Waals surface area contributed by atoms with E-state index < -0.39 is 5.97 Å². The molecule has 0 saturated carbocycles. The van der Waals surface area contributed by atoms with Crippen molar-refractivity contribution in [3.8, 4) is 0 Å². The Morgan fingerprint density at radius 1 is 1.17 bits per heavy atom. The lowest BCUT2D eigenvalue weighted by molar-refractivity contribution is 0.0697. The van der Waals surface area contributed by atoms with Crippen LogP contribution in [0.5, 0.6) is 0 Å². The van der Waals surface area contributed by atoms with Crippen LogP contribution in [0.1, 0.15) is 41.3 Å². The maximum absolute atomic E-state index is 11.5. The van der Waals surface area contributed by atoms with Crippen LogP contribution in [0.3, 0.4) is 0 Å². The van der Waals surface area contributed by atoms with Crippen molar-refractivity contribution in [3.05, 3.63) is 35.0 Å². The summed E-state index contributed by atoms with van der Waals surface area (Å²) in [6, 6.07) is 3.56. The molecule has 5 heteroatoms. The second-order valence-electron chi connectivity index (χ2n) is 6.56. The van der Waals surface area contributed by atoms with Crippen molar-refractivity contribution in [1.82, 2.24) is 9.47 Å². The van der Waals surface area contributed by atoms with Gasteiger partial charge in [0.1, 0.15) is 0 Å². The first-order valence-electron chi connectivity index (χ1n) is 8.85. The number of carbonyl (C=O) groups is 1. The first-order valence-corrected chi connectivity index (χ1v) is 8.85. The van der Waals surface area contributed by atoms with Crippen LogP contribution in [0.15, 0.2) is 18.3 Å². The Bertz CT molecular complexity index is 730. The molecule has 0 bridgehead atoms. The summed E-state index contributed by atoms with van der Waals surface area (Å²) < 4.78 is 2.08. The molecule has 2 heterocycles. The van der Waals surface area contributed by atoms with Gasteiger partial charge in [-0.3, -0.25) is 0 Å². The summed E-state index contributed by atoms with van der Waals surface area (Å²) >= 11 is 0. The highest BCUT2D eigenvalue weighted by molar-refractivity contribution is 5.96. The average molecular weight is 330 g/mol. The number of fused-ring (bicyclic) bond motifs is 1. The summed E-state index contributed by atoms with van der Waals surface area (Å²) in [5.74, 6) is -0.882. The molecule has 24 heavy (non-hydrogen) atoms. The van der Waals surface area contributed by atoms with Crippen LogP contribution < -0.4 is 0 Å². The largest absolute Gasteiger partial charge is 0.478 e. The molecule has 1 saturated heterocycles. The predicted molar refractivity (Wildman–Crippen MR) is 94.7 cm³/mol. The lowest BCUT2D eigenvalue weighted by atomic mass is 10.0. The average Bonchev–Trinajstić information content (AvgIpc) is 3.20. The Morgan fingerprint density at radius 2 is 1.92 bits per heavy atom. The van der Waals surface area contributed by atoms with Gasteiger partial charge in [0.15, 0.2) is 0 Å². The van der Waals surface area contributed by atoms with Gasteiger partial charge in [0.2, 0.25) is 0 Å². The third kappa shape index (κ3) is 3.32. The van der Waals surface area contributed by atoms with Crippen molar-refractivity contribution in [2.45, 2.75) is 39.2 Å². The molecule has 2 aromatic rings. The van der Waals surface area contributed by atoms with E-state index in [4.69, 9.17) is 0 Å². The third-order valence-electron chi connectivity index (χ3n) is 5.00. The maximum Gasteiger partial charge on any atom is 0.335 e. The lowest BCUT2D eigenvalue weighted by Crippen LogP contribution is -2.21. The Kier molecular flexibility index (Phi) is 5.21. The van der Waals surface area contributed by atoms with E-state index in [-0.39, 0.29) is 6.61 Å². The minimum atomic E-state index is -0.882. The number of likely N-dealkylation sites (tertiary alicyclic amines) is 1. The molecule has 0 amide bonds. The zero-order valence-electron chi connectivity index (χ0n) is 14.3. The number of aliphatic hydroxyl groups excluding tert-OH is 1. The molecule has 1 aliphatic heterocycles. The maximum atomic E-state index is 11.5. The van der Waals surface area contributed by atoms with Crippen LogP contribution >= 0.6 is 0 Å². The number of hydrogen-bond acceptors (Lipinski definition) is 3. The van der Waals surface area contributed by atoms with Crippen molar-refractivity contribution in [3.63, 3.8) is 0 Å². The van der Waals surface area contributed by atoms with Crippen molar-refractivity contribution in [2.24, 2.45) is 0 Å². The van der Waals surface area contributed by atoms with Gasteiger partial charge in [-0.2, -0.15) is 0 Å². The third-order valence-corrected chi connectivity index (χ3v) is 5.00. The fourth-order valence-electron chi connectivity index (χ4n) is 3.76. The zero-order chi connectivity index (χ0) is 17.1. The van der Waals surface area contributed by atoms with Crippen molar-refractivity contribution < 1.29 is 15.0 Å². The number of hydrogen-bond donors (Lipinski definition) is 2. The molecule has 130 valence electrons. The van der Waals surface area contributed by atoms with E-state index in [0.717, 1.165) is 48.9 Å². The molecule has 1 aromatic heterocycles. The number of rotatable bonds is 7. The van der Waals surface area contributed by atoms with Crippen molar-refractivity contribution >= 4 is 16.9 Å². The van der Waals surface area contributed by atoms with Gasteiger partial charge >= 0.3 is 5.97 Å². The molecular weight excluding hydrogens is 304 g/mol. The van der Waals surface area contributed by atoms with Crippen LogP contribution in [-0.4, -0.2) is 51.9 Å². The molecule has 0 aliphatic carbocycles. The number of aliphatic hydroxyl groups is 1. The fourth-order valence-corrected chi connectivity index (χ4v) is 3.76. The fraction of sp³-hybridized carbons (Fsp3) is 0.526. The van der Waals surface area contributed by atoms with Gasteiger partial charge in [0, 0.05) is 24.7 Å². The van der Waals surface area contributed by atoms with E-state index in [1.807, 2.05) is 6.92 Å². The monoisotopic (exact) mass is 330 g/mol. The molecule has 1 fully saturated rings. The smallest absolute Gasteiger partial charge is 0.335 e. The summed E-state index contributed by atoms with van der Waals surface area (Å²) in [5.41, 5.74) is 3.64. The van der Waals surface area contributed by atoms with Crippen LogP contribution in [0.2, 0.25) is 0 Å². The summed E-state index contributed by atoms with van der Waals surface area (Å²) in [4.78, 5) is 13.9. The molecule has 0 radical (unpaired) electrons. The van der Waals surface area contributed by atoms with Crippen molar-refractivity contribution in [1.29, 1.82) is 0 Å². The lowest BCUT2D eigenvalue weighted by Gasteiger charge is -2.13. The Labute approximate surface area is 142 Å². The van der Waals surface area contributed by atoms with E-state index in [1.54, 1.807) is 12.1 Å². The molecular formula is C19H26N2O3. The summed E-state index contributed by atoms with van der Waals surface area (Å²) in [6.07, 6.45) is 6.34. The van der Waals surface area contributed by atoms with Gasteiger partial charge in [-0.1, -0.05) is 6.92 Å². The molecule has 2 N–H and O–H groups in total. The minimum Gasteiger partial charge on any atom is -0.478 e. The second kappa shape index (κ2) is 7.36. The first kappa shape index (κ1) is 17.0. The number of carboxylic acids is 1.